The highest BCUT2D eigenvalue weighted by atomic mass is 32.2. The van der Waals surface area contributed by atoms with Crippen molar-refractivity contribution in [3.05, 3.63) is 0 Å². The summed E-state index contributed by atoms with van der Waals surface area (Å²) >= 11 is 0. The standard InChI is InChI=1S/C22H42O7S/c1-3-5-6-7-8-9-10-11-12-13-14-15-16-29-22(30(23,24)25)21-28-20-19-27-18-17-26-4-2/h22H,3-14,17-21H2,1-2H3,(H,23,24,25). The Labute approximate surface area is 183 Å². The Hall–Kier alpha value is -0.850. The average molecular weight is 451 g/mol. The predicted molar refractivity (Wildman–Crippen MR) is 119 cm³/mol. The van der Waals surface area contributed by atoms with Crippen LogP contribution in [0.4, 0.5) is 0 Å². The van der Waals surface area contributed by atoms with Crippen molar-refractivity contribution in [2.45, 2.75) is 89.9 Å². The minimum atomic E-state index is -4.40. The van der Waals surface area contributed by atoms with E-state index in [-0.39, 0.29) is 13.2 Å². The van der Waals surface area contributed by atoms with Crippen molar-refractivity contribution in [2.24, 2.45) is 0 Å². The lowest BCUT2D eigenvalue weighted by atomic mass is 10.1. The second-order valence-corrected chi connectivity index (χ2v) is 8.71. The molecule has 30 heavy (non-hydrogen) atoms. The van der Waals surface area contributed by atoms with Crippen LogP contribution in [0.1, 0.15) is 84.5 Å². The number of hydrogen-bond acceptors (Lipinski definition) is 6. The van der Waals surface area contributed by atoms with Crippen molar-refractivity contribution in [3.63, 3.8) is 0 Å². The molecule has 1 unspecified atom stereocenters. The van der Waals surface area contributed by atoms with Crippen molar-refractivity contribution < 1.29 is 31.9 Å². The first-order valence-corrected chi connectivity index (χ1v) is 12.9. The first kappa shape index (κ1) is 29.1. The normalized spacial score (nSPS) is 12.4. The van der Waals surface area contributed by atoms with Crippen LogP contribution in [-0.2, 0) is 29.1 Å². The van der Waals surface area contributed by atoms with Crippen LogP contribution >= 0.6 is 0 Å². The lowest BCUT2D eigenvalue weighted by molar-refractivity contribution is 0.00353. The fourth-order valence-electron chi connectivity index (χ4n) is 2.70. The van der Waals surface area contributed by atoms with Gasteiger partial charge in [0.25, 0.3) is 5.44 Å². The highest BCUT2D eigenvalue weighted by Gasteiger charge is 2.24. The third-order valence-electron chi connectivity index (χ3n) is 4.45. The van der Waals surface area contributed by atoms with Gasteiger partial charge in [0, 0.05) is 13.0 Å². The number of unbranched alkanes of at least 4 members (excludes halogenated alkanes) is 10. The summed E-state index contributed by atoms with van der Waals surface area (Å²) in [6, 6.07) is 0. The first-order valence-electron chi connectivity index (χ1n) is 11.3. The molecule has 0 aromatic heterocycles. The van der Waals surface area contributed by atoms with Gasteiger partial charge in [-0.3, -0.25) is 4.55 Å². The number of ether oxygens (including phenoxy) is 4. The third-order valence-corrected chi connectivity index (χ3v) is 5.35. The molecule has 0 aliphatic carbocycles. The molecule has 0 radical (unpaired) electrons. The molecule has 178 valence electrons. The summed E-state index contributed by atoms with van der Waals surface area (Å²) in [5, 5.41) is 0. The Morgan fingerprint density at radius 2 is 1.30 bits per heavy atom. The van der Waals surface area contributed by atoms with Crippen LogP contribution in [0, 0.1) is 12.0 Å². The topological polar surface area (TPSA) is 91.3 Å². The summed E-state index contributed by atoms with van der Waals surface area (Å²) in [5.74, 6) is 2.80. The first-order chi connectivity index (χ1) is 14.5. The smallest absolute Gasteiger partial charge is 0.306 e. The maximum Gasteiger partial charge on any atom is 0.306 e. The van der Waals surface area contributed by atoms with Gasteiger partial charge in [0.15, 0.2) is 0 Å². The number of rotatable bonds is 21. The van der Waals surface area contributed by atoms with Crippen molar-refractivity contribution in [1.29, 1.82) is 0 Å². The number of hydrogen-bond donors (Lipinski definition) is 1. The van der Waals surface area contributed by atoms with Gasteiger partial charge in [-0.1, -0.05) is 70.6 Å². The van der Waals surface area contributed by atoms with Crippen LogP contribution in [-0.4, -0.2) is 58.0 Å². The Balaban J connectivity index is 3.75. The molecule has 0 aliphatic rings. The summed E-state index contributed by atoms with van der Waals surface area (Å²) in [5.41, 5.74) is -1.51. The molecule has 1 N–H and O–H groups in total. The van der Waals surface area contributed by atoms with Gasteiger partial charge in [0.05, 0.1) is 26.4 Å². The minimum absolute atomic E-state index is 0.188. The molecule has 0 heterocycles. The van der Waals surface area contributed by atoms with E-state index in [0.717, 1.165) is 12.8 Å². The second-order valence-electron chi connectivity index (χ2n) is 7.16. The van der Waals surface area contributed by atoms with Crippen molar-refractivity contribution >= 4 is 10.1 Å². The molecule has 0 aromatic rings. The van der Waals surface area contributed by atoms with E-state index < -0.39 is 15.6 Å². The van der Waals surface area contributed by atoms with Crippen LogP contribution in [0.25, 0.3) is 0 Å². The van der Waals surface area contributed by atoms with E-state index >= 15 is 0 Å². The van der Waals surface area contributed by atoms with E-state index in [9.17, 15) is 13.0 Å². The monoisotopic (exact) mass is 450 g/mol. The molecule has 0 amide bonds. The molecule has 0 saturated heterocycles. The zero-order valence-corrected chi connectivity index (χ0v) is 19.7. The average Bonchev–Trinajstić information content (AvgIpc) is 2.70. The molecular weight excluding hydrogens is 408 g/mol. The van der Waals surface area contributed by atoms with Gasteiger partial charge in [-0.25, -0.2) is 0 Å². The van der Waals surface area contributed by atoms with Gasteiger partial charge in [-0.2, -0.15) is 8.42 Å². The van der Waals surface area contributed by atoms with E-state index in [2.05, 4.69) is 19.0 Å². The largest absolute Gasteiger partial charge is 0.422 e. The van der Waals surface area contributed by atoms with Crippen LogP contribution in [0.5, 0.6) is 0 Å². The molecule has 0 saturated carbocycles. The van der Waals surface area contributed by atoms with Crippen LogP contribution in [0.2, 0.25) is 0 Å². The van der Waals surface area contributed by atoms with Gasteiger partial charge >= 0.3 is 10.1 Å². The second kappa shape index (κ2) is 21.4. The van der Waals surface area contributed by atoms with Crippen LogP contribution in [0.15, 0.2) is 0 Å². The third kappa shape index (κ3) is 20.4. The summed E-state index contributed by atoms with van der Waals surface area (Å²) < 4.78 is 52.5. The van der Waals surface area contributed by atoms with Crippen molar-refractivity contribution in [2.75, 3.05) is 39.6 Å². The molecule has 0 spiro atoms. The van der Waals surface area contributed by atoms with Crippen molar-refractivity contribution in [1.82, 2.24) is 0 Å². The molecule has 0 fully saturated rings. The highest BCUT2D eigenvalue weighted by Crippen LogP contribution is 2.11. The zero-order valence-electron chi connectivity index (χ0n) is 18.9. The van der Waals surface area contributed by atoms with E-state index in [1.54, 1.807) is 0 Å². The zero-order chi connectivity index (χ0) is 22.3. The lowest BCUT2D eigenvalue weighted by Gasteiger charge is -2.12. The lowest BCUT2D eigenvalue weighted by Crippen LogP contribution is -2.28. The molecule has 0 rings (SSSR count). The van der Waals surface area contributed by atoms with Gasteiger partial charge in [-0.15, -0.1) is 0 Å². The fourth-order valence-corrected chi connectivity index (χ4v) is 3.14. The van der Waals surface area contributed by atoms with Crippen LogP contribution in [0.3, 0.4) is 0 Å². The highest BCUT2D eigenvalue weighted by molar-refractivity contribution is 7.86. The fraction of sp³-hybridized carbons (Fsp3) is 0.909. The van der Waals surface area contributed by atoms with Crippen LogP contribution < -0.4 is 0 Å². The molecule has 1 atom stereocenters. The molecule has 0 bridgehead atoms. The van der Waals surface area contributed by atoms with E-state index in [4.69, 9.17) is 18.9 Å². The predicted octanol–water partition coefficient (Wildman–Crippen LogP) is 4.56. The van der Waals surface area contributed by atoms with Crippen molar-refractivity contribution in [3.8, 4) is 12.0 Å². The molecular formula is C22H42O7S. The van der Waals surface area contributed by atoms with Gasteiger partial charge in [0.2, 0.25) is 0 Å². The Kier molecular flexibility index (Phi) is 20.8. The minimum Gasteiger partial charge on any atom is -0.422 e. The van der Waals surface area contributed by atoms with Gasteiger partial charge in [0.1, 0.15) is 12.7 Å². The molecule has 7 nitrogen and oxygen atoms in total. The molecule has 8 heteroatoms. The summed E-state index contributed by atoms with van der Waals surface area (Å²) in [6.07, 6.45) is 15.5. The Morgan fingerprint density at radius 1 is 0.767 bits per heavy atom. The summed E-state index contributed by atoms with van der Waals surface area (Å²) in [6.45, 7) is 5.89. The summed E-state index contributed by atoms with van der Waals surface area (Å²) in [7, 11) is -4.40. The Morgan fingerprint density at radius 3 is 1.87 bits per heavy atom. The van der Waals surface area contributed by atoms with E-state index in [0.29, 0.717) is 32.8 Å². The summed E-state index contributed by atoms with van der Waals surface area (Å²) in [4.78, 5) is 0. The maximum atomic E-state index is 11.4. The van der Waals surface area contributed by atoms with Gasteiger partial charge < -0.3 is 18.9 Å². The quantitative estimate of drug-likeness (QED) is 0.156. The maximum absolute atomic E-state index is 11.4. The van der Waals surface area contributed by atoms with E-state index in [1.165, 1.54) is 51.4 Å². The molecule has 0 aliphatic heterocycles. The molecule has 0 aromatic carbocycles. The SMILES string of the molecule is CCCCCCCCCCCCC#COC(COCCOCCOCC)S(=O)(=O)O. The van der Waals surface area contributed by atoms with E-state index in [1.807, 2.05) is 6.92 Å². The van der Waals surface area contributed by atoms with Gasteiger partial charge in [-0.05, 0) is 13.3 Å². The Bertz CT molecular complexity index is 525.